The zero-order chi connectivity index (χ0) is 19.8. The molecule has 0 bridgehead atoms. The first-order valence-corrected chi connectivity index (χ1v) is 10.4. The normalized spacial score (nSPS) is 12.7. The molecule has 2 aromatic heterocycles. The summed E-state index contributed by atoms with van der Waals surface area (Å²) in [5.41, 5.74) is 7.46. The van der Waals surface area contributed by atoms with Crippen LogP contribution in [0.2, 0.25) is 0 Å². The van der Waals surface area contributed by atoms with Gasteiger partial charge < -0.3 is 5.32 Å². The molecule has 2 heterocycles. The Balaban J connectivity index is 1.43. The van der Waals surface area contributed by atoms with Gasteiger partial charge in [0.1, 0.15) is 5.69 Å². The van der Waals surface area contributed by atoms with Crippen LogP contribution < -0.4 is 5.32 Å². The molecule has 1 aliphatic rings. The summed E-state index contributed by atoms with van der Waals surface area (Å²) < 4.78 is 5.84. The van der Waals surface area contributed by atoms with Gasteiger partial charge >= 0.3 is 0 Å². The molecule has 5 rings (SSSR count). The average molecular weight is 401 g/mol. The van der Waals surface area contributed by atoms with Crippen LogP contribution in [0.4, 0.5) is 5.69 Å². The summed E-state index contributed by atoms with van der Waals surface area (Å²) in [4.78, 5) is 13.0. The second kappa shape index (κ2) is 7.25. The van der Waals surface area contributed by atoms with Crippen LogP contribution in [0.5, 0.6) is 0 Å². The lowest BCUT2D eigenvalue weighted by molar-refractivity contribution is 0.102. The van der Waals surface area contributed by atoms with Gasteiger partial charge in [-0.15, -0.1) is 5.10 Å². The van der Waals surface area contributed by atoms with Gasteiger partial charge in [-0.1, -0.05) is 34.8 Å². The molecule has 0 unspecified atom stereocenters. The maximum Gasteiger partial charge on any atom is 0.276 e. The van der Waals surface area contributed by atoms with Crippen molar-refractivity contribution in [3.05, 3.63) is 76.4 Å². The maximum absolute atomic E-state index is 13.0. The molecule has 1 aliphatic carbocycles. The van der Waals surface area contributed by atoms with E-state index in [2.05, 4.69) is 34.0 Å². The Morgan fingerprint density at radius 2 is 1.93 bits per heavy atom. The Labute approximate surface area is 172 Å². The lowest BCUT2D eigenvalue weighted by Crippen LogP contribution is -2.15. The van der Waals surface area contributed by atoms with Crippen LogP contribution in [0, 0.1) is 6.92 Å². The number of nitrogens with one attached hydrogen (secondary N) is 1. The Morgan fingerprint density at radius 1 is 1.10 bits per heavy atom. The molecule has 0 fully saturated rings. The van der Waals surface area contributed by atoms with Gasteiger partial charge in [-0.3, -0.25) is 4.79 Å². The fourth-order valence-electron chi connectivity index (χ4n) is 3.83. The molecule has 0 spiro atoms. The number of aryl methyl sites for hydroxylation is 1. The first-order chi connectivity index (χ1) is 14.2. The number of hydrogen-bond acceptors (Lipinski definition) is 5. The molecule has 0 saturated carbocycles. The number of para-hydroxylation sites is 1. The fourth-order valence-corrected chi connectivity index (χ4v) is 4.29. The Morgan fingerprint density at radius 3 is 2.69 bits per heavy atom. The first-order valence-electron chi connectivity index (χ1n) is 9.56. The van der Waals surface area contributed by atoms with Gasteiger partial charge in [0.05, 0.1) is 5.69 Å². The van der Waals surface area contributed by atoms with Gasteiger partial charge in [0.15, 0.2) is 5.69 Å². The van der Waals surface area contributed by atoms with E-state index in [9.17, 15) is 4.79 Å². The topological polar surface area (TPSA) is 72.7 Å². The summed E-state index contributed by atoms with van der Waals surface area (Å²) in [5.74, 6) is -0.168. The molecule has 4 aromatic rings. The van der Waals surface area contributed by atoms with Crippen LogP contribution in [0.3, 0.4) is 0 Å². The summed E-state index contributed by atoms with van der Waals surface area (Å²) in [6, 6.07) is 15.8. The molecule has 0 atom stereocenters. The molecule has 7 heteroatoms. The third-order valence-corrected chi connectivity index (χ3v) is 5.79. The van der Waals surface area contributed by atoms with E-state index >= 15 is 0 Å². The predicted octanol–water partition coefficient (Wildman–Crippen LogP) is 4.44. The second-order valence-corrected chi connectivity index (χ2v) is 7.76. The van der Waals surface area contributed by atoms with Crippen molar-refractivity contribution in [2.75, 3.05) is 5.32 Å². The molecule has 1 N–H and O–H groups in total. The van der Waals surface area contributed by atoms with Crippen LogP contribution in [-0.2, 0) is 12.8 Å². The van der Waals surface area contributed by atoms with E-state index in [1.807, 2.05) is 46.5 Å². The lowest BCUT2D eigenvalue weighted by Gasteiger charge is -2.08. The number of amides is 1. The Hall–Kier alpha value is -3.32. The summed E-state index contributed by atoms with van der Waals surface area (Å²) in [5, 5.41) is 13.7. The summed E-state index contributed by atoms with van der Waals surface area (Å²) in [6.07, 6.45) is 2.88. The lowest BCUT2D eigenvalue weighted by atomic mass is 10.1. The van der Waals surface area contributed by atoms with E-state index in [-0.39, 0.29) is 5.91 Å². The van der Waals surface area contributed by atoms with Gasteiger partial charge in [0.2, 0.25) is 0 Å². The Kier molecular flexibility index (Phi) is 4.44. The van der Waals surface area contributed by atoms with Crippen molar-refractivity contribution < 1.29 is 4.79 Å². The van der Waals surface area contributed by atoms with Crippen molar-refractivity contribution >= 4 is 23.1 Å². The number of rotatable bonds is 4. The van der Waals surface area contributed by atoms with Crippen molar-refractivity contribution in [3.8, 4) is 16.9 Å². The van der Waals surface area contributed by atoms with Gasteiger partial charge in [0.25, 0.3) is 5.91 Å². The Bertz CT molecular complexity index is 1180. The number of hydrogen-bond donors (Lipinski definition) is 1. The monoisotopic (exact) mass is 401 g/mol. The number of aromatic nitrogens is 4. The minimum Gasteiger partial charge on any atom is -0.321 e. The van der Waals surface area contributed by atoms with E-state index in [1.54, 1.807) is 0 Å². The molecule has 2 aromatic carbocycles. The molecule has 0 saturated heterocycles. The number of fused-ring (bicyclic) bond motifs is 1. The molecule has 29 heavy (non-hydrogen) atoms. The summed E-state index contributed by atoms with van der Waals surface area (Å²) in [7, 11) is 0. The number of carbonyl (C=O) groups is 1. The van der Waals surface area contributed by atoms with E-state index in [0.717, 1.165) is 58.7 Å². The molecular weight excluding hydrogens is 382 g/mol. The van der Waals surface area contributed by atoms with E-state index in [1.165, 1.54) is 11.5 Å². The van der Waals surface area contributed by atoms with Gasteiger partial charge in [-0.2, -0.15) is 5.10 Å². The highest BCUT2D eigenvalue weighted by Crippen LogP contribution is 2.29. The van der Waals surface area contributed by atoms with Crippen LogP contribution in [0.15, 0.2) is 53.9 Å². The largest absolute Gasteiger partial charge is 0.321 e. The second-order valence-electron chi connectivity index (χ2n) is 7.15. The quantitative estimate of drug-likeness (QED) is 0.549. The standard InChI is InChI=1S/C22H19N5OS/c1-14-5-2-3-7-19(14)27-20-8-4-6-17(20)21(25-27)22(28)23-16-11-9-15(10-12-16)18-13-29-26-24-18/h2-3,5,7,9-13H,4,6,8H2,1H3,(H,23,28). The van der Waals surface area contributed by atoms with Gasteiger partial charge in [-0.05, 0) is 61.5 Å². The van der Waals surface area contributed by atoms with Gasteiger partial charge in [0, 0.05) is 27.9 Å². The number of nitrogens with zero attached hydrogens (tertiary/aromatic N) is 4. The van der Waals surface area contributed by atoms with E-state index in [0.29, 0.717) is 5.69 Å². The SMILES string of the molecule is Cc1ccccc1-n1nc(C(=O)Nc2ccc(-c3csnn3)cc2)c2c1CCC2. The van der Waals surface area contributed by atoms with Crippen molar-refractivity contribution in [1.82, 2.24) is 19.4 Å². The first kappa shape index (κ1) is 17.8. The predicted molar refractivity (Wildman–Crippen MR) is 114 cm³/mol. The smallest absolute Gasteiger partial charge is 0.276 e. The molecular formula is C22H19N5OS. The van der Waals surface area contributed by atoms with Crippen LogP contribution in [-0.4, -0.2) is 25.3 Å². The highest BCUT2D eigenvalue weighted by atomic mass is 32.1. The van der Waals surface area contributed by atoms with Crippen molar-refractivity contribution in [1.29, 1.82) is 0 Å². The van der Waals surface area contributed by atoms with Crippen molar-refractivity contribution in [2.45, 2.75) is 26.2 Å². The minimum absolute atomic E-state index is 0.168. The minimum atomic E-state index is -0.168. The fraction of sp³-hybridized carbons (Fsp3) is 0.182. The molecule has 6 nitrogen and oxygen atoms in total. The average Bonchev–Trinajstić information content (AvgIpc) is 3.47. The molecule has 1 amide bonds. The van der Waals surface area contributed by atoms with Crippen LogP contribution >= 0.6 is 11.5 Å². The van der Waals surface area contributed by atoms with Gasteiger partial charge in [-0.25, -0.2) is 4.68 Å². The van der Waals surface area contributed by atoms with E-state index < -0.39 is 0 Å². The number of benzene rings is 2. The third-order valence-electron chi connectivity index (χ3n) is 5.29. The summed E-state index contributed by atoms with van der Waals surface area (Å²) in [6.45, 7) is 2.07. The maximum atomic E-state index is 13.0. The zero-order valence-electron chi connectivity index (χ0n) is 15.9. The highest BCUT2D eigenvalue weighted by molar-refractivity contribution is 7.03. The number of carbonyl (C=O) groups excluding carboxylic acids is 1. The molecule has 0 aliphatic heterocycles. The third kappa shape index (κ3) is 3.23. The molecule has 144 valence electrons. The van der Waals surface area contributed by atoms with Crippen LogP contribution in [0.25, 0.3) is 16.9 Å². The number of anilines is 1. The summed E-state index contributed by atoms with van der Waals surface area (Å²) >= 11 is 1.32. The van der Waals surface area contributed by atoms with Crippen molar-refractivity contribution in [3.63, 3.8) is 0 Å². The molecule has 0 radical (unpaired) electrons. The van der Waals surface area contributed by atoms with Crippen molar-refractivity contribution in [2.24, 2.45) is 0 Å². The van der Waals surface area contributed by atoms with Crippen LogP contribution in [0.1, 0.15) is 33.7 Å². The van der Waals surface area contributed by atoms with E-state index in [4.69, 9.17) is 5.10 Å². The highest BCUT2D eigenvalue weighted by Gasteiger charge is 2.27. The zero-order valence-corrected chi connectivity index (χ0v) is 16.7.